The van der Waals surface area contributed by atoms with Crippen LogP contribution in [0.2, 0.25) is 0 Å². The van der Waals surface area contributed by atoms with Crippen LogP contribution in [0.4, 0.5) is 5.69 Å². The number of rotatable bonds is 7. The lowest BCUT2D eigenvalue weighted by Crippen LogP contribution is -2.55. The minimum Gasteiger partial charge on any atom is -0.345 e. The Bertz CT molecular complexity index is 849. The lowest BCUT2D eigenvalue weighted by Gasteiger charge is -2.33. The van der Waals surface area contributed by atoms with E-state index < -0.39 is 15.6 Å². The second kappa shape index (κ2) is 7.88. The number of nitrogens with two attached hydrogens (primary N) is 1. The van der Waals surface area contributed by atoms with E-state index in [4.69, 9.17) is 5.73 Å². The number of carbonyl (C=O) groups excluding carboxylic acids is 1. The second-order valence-electron chi connectivity index (χ2n) is 6.73. The Kier molecular flexibility index (Phi) is 6.05. The average Bonchev–Trinajstić information content (AvgIpc) is 2.62. The van der Waals surface area contributed by atoms with Gasteiger partial charge >= 0.3 is 0 Å². The van der Waals surface area contributed by atoms with Gasteiger partial charge in [0.1, 0.15) is 0 Å². The predicted octanol–water partition coefficient (Wildman–Crippen LogP) is 2.59. The normalized spacial score (nSPS) is 13.9. The highest BCUT2D eigenvalue weighted by molar-refractivity contribution is 7.92. The Labute approximate surface area is 154 Å². The fourth-order valence-electron chi connectivity index (χ4n) is 2.27. The van der Waals surface area contributed by atoms with E-state index in [-0.39, 0.29) is 16.7 Å². The largest absolute Gasteiger partial charge is 0.345 e. The summed E-state index contributed by atoms with van der Waals surface area (Å²) in [7, 11) is -3.66. The highest BCUT2D eigenvalue weighted by Gasteiger charge is 2.28. The third kappa shape index (κ3) is 4.62. The third-order valence-corrected chi connectivity index (χ3v) is 5.95. The SMILES string of the molecule is CC(C)C(C)(CN)NC(=O)c1ccc(NS(=O)(=O)c2ccccc2)cc1. The molecule has 7 heteroatoms. The number of amides is 1. The minimum absolute atomic E-state index is 0.174. The van der Waals surface area contributed by atoms with Gasteiger partial charge in [0.25, 0.3) is 15.9 Å². The summed E-state index contributed by atoms with van der Waals surface area (Å²) < 4.78 is 27.1. The fourth-order valence-corrected chi connectivity index (χ4v) is 3.35. The fraction of sp³-hybridized carbons (Fsp3) is 0.316. The van der Waals surface area contributed by atoms with Crippen molar-refractivity contribution in [3.63, 3.8) is 0 Å². The van der Waals surface area contributed by atoms with Crippen molar-refractivity contribution >= 4 is 21.6 Å². The Hall–Kier alpha value is -2.38. The summed E-state index contributed by atoms with van der Waals surface area (Å²) in [5.41, 5.74) is 6.11. The minimum atomic E-state index is -3.66. The van der Waals surface area contributed by atoms with E-state index in [1.807, 2.05) is 20.8 Å². The Balaban J connectivity index is 2.12. The van der Waals surface area contributed by atoms with Gasteiger partial charge in [0.05, 0.1) is 10.4 Å². The molecule has 140 valence electrons. The number of carbonyl (C=O) groups is 1. The van der Waals surface area contributed by atoms with Gasteiger partial charge in [-0.3, -0.25) is 9.52 Å². The summed E-state index contributed by atoms with van der Waals surface area (Å²) in [4.78, 5) is 12.6. The number of nitrogens with one attached hydrogen (secondary N) is 2. The zero-order chi connectivity index (χ0) is 19.4. The molecule has 0 bridgehead atoms. The molecule has 0 saturated heterocycles. The summed E-state index contributed by atoms with van der Waals surface area (Å²) >= 11 is 0. The predicted molar refractivity (Wildman–Crippen MR) is 103 cm³/mol. The van der Waals surface area contributed by atoms with E-state index in [1.165, 1.54) is 12.1 Å². The van der Waals surface area contributed by atoms with Crippen molar-refractivity contribution in [3.8, 4) is 0 Å². The van der Waals surface area contributed by atoms with Gasteiger partial charge in [-0.2, -0.15) is 0 Å². The molecule has 2 aromatic rings. The first kappa shape index (κ1) is 19.9. The van der Waals surface area contributed by atoms with Crippen LogP contribution in [0.15, 0.2) is 59.5 Å². The Morgan fingerprint density at radius 2 is 1.65 bits per heavy atom. The lowest BCUT2D eigenvalue weighted by molar-refractivity contribution is 0.0883. The van der Waals surface area contributed by atoms with Gasteiger partial charge in [-0.1, -0.05) is 32.0 Å². The molecule has 0 aliphatic heterocycles. The van der Waals surface area contributed by atoms with Crippen LogP contribution < -0.4 is 15.8 Å². The quantitative estimate of drug-likeness (QED) is 0.692. The van der Waals surface area contributed by atoms with Crippen molar-refractivity contribution in [1.82, 2.24) is 5.32 Å². The number of benzene rings is 2. The summed E-state index contributed by atoms with van der Waals surface area (Å²) in [6, 6.07) is 14.4. The van der Waals surface area contributed by atoms with Crippen molar-refractivity contribution in [3.05, 3.63) is 60.2 Å². The molecule has 6 nitrogen and oxygen atoms in total. The Morgan fingerprint density at radius 1 is 1.08 bits per heavy atom. The van der Waals surface area contributed by atoms with Crippen LogP contribution in [-0.4, -0.2) is 26.4 Å². The van der Waals surface area contributed by atoms with Gasteiger partial charge in [0.2, 0.25) is 0 Å². The maximum Gasteiger partial charge on any atom is 0.261 e. The smallest absolute Gasteiger partial charge is 0.261 e. The maximum absolute atomic E-state index is 12.4. The standard InChI is InChI=1S/C19H25N3O3S/c1-14(2)19(3,13-20)21-18(23)15-9-11-16(12-10-15)22-26(24,25)17-7-5-4-6-8-17/h4-12,14,22H,13,20H2,1-3H3,(H,21,23). The molecule has 0 heterocycles. The second-order valence-corrected chi connectivity index (χ2v) is 8.41. The zero-order valence-corrected chi connectivity index (χ0v) is 16.0. The van der Waals surface area contributed by atoms with Gasteiger partial charge in [-0.05, 0) is 49.2 Å². The topological polar surface area (TPSA) is 101 Å². The Morgan fingerprint density at radius 3 is 2.15 bits per heavy atom. The van der Waals surface area contributed by atoms with Crippen LogP contribution in [0.25, 0.3) is 0 Å². The van der Waals surface area contributed by atoms with Crippen molar-refractivity contribution in [1.29, 1.82) is 0 Å². The van der Waals surface area contributed by atoms with Crippen molar-refractivity contribution in [2.24, 2.45) is 11.7 Å². The molecule has 0 aliphatic rings. The molecule has 2 rings (SSSR count). The third-order valence-electron chi connectivity index (χ3n) is 4.55. The van der Waals surface area contributed by atoms with Crippen LogP contribution >= 0.6 is 0 Å². The molecule has 0 fully saturated rings. The summed E-state index contributed by atoms with van der Waals surface area (Å²) in [5, 5.41) is 2.95. The van der Waals surface area contributed by atoms with Crippen LogP contribution in [0.5, 0.6) is 0 Å². The van der Waals surface area contributed by atoms with Crippen molar-refractivity contribution in [2.75, 3.05) is 11.3 Å². The van der Waals surface area contributed by atoms with Crippen LogP contribution in [0.1, 0.15) is 31.1 Å². The number of sulfonamides is 1. The van der Waals surface area contributed by atoms with Crippen LogP contribution in [0.3, 0.4) is 0 Å². The number of hydrogen-bond donors (Lipinski definition) is 3. The number of hydrogen-bond acceptors (Lipinski definition) is 4. The molecule has 0 saturated carbocycles. The molecule has 1 atom stereocenters. The molecule has 26 heavy (non-hydrogen) atoms. The number of anilines is 1. The van der Waals surface area contributed by atoms with Crippen molar-refractivity contribution in [2.45, 2.75) is 31.2 Å². The van der Waals surface area contributed by atoms with Crippen LogP contribution in [-0.2, 0) is 10.0 Å². The summed E-state index contributed by atoms with van der Waals surface area (Å²) in [6.45, 7) is 6.21. The summed E-state index contributed by atoms with van der Waals surface area (Å²) in [5.74, 6) is -0.0717. The van der Waals surface area contributed by atoms with E-state index in [1.54, 1.807) is 42.5 Å². The van der Waals surface area contributed by atoms with Gasteiger partial charge in [-0.25, -0.2) is 8.42 Å². The van der Waals surface area contributed by atoms with E-state index >= 15 is 0 Å². The van der Waals surface area contributed by atoms with Crippen molar-refractivity contribution < 1.29 is 13.2 Å². The molecular formula is C19H25N3O3S. The zero-order valence-electron chi connectivity index (χ0n) is 15.2. The molecule has 0 spiro atoms. The van der Waals surface area contributed by atoms with E-state index in [9.17, 15) is 13.2 Å². The van der Waals surface area contributed by atoms with Gasteiger partial charge in [0, 0.05) is 17.8 Å². The van der Waals surface area contributed by atoms with Gasteiger partial charge < -0.3 is 11.1 Å². The monoisotopic (exact) mass is 375 g/mol. The molecule has 4 N–H and O–H groups in total. The summed E-state index contributed by atoms with van der Waals surface area (Å²) in [6.07, 6.45) is 0. The molecule has 0 aromatic heterocycles. The van der Waals surface area contributed by atoms with E-state index in [0.717, 1.165) is 0 Å². The van der Waals surface area contributed by atoms with Gasteiger partial charge in [-0.15, -0.1) is 0 Å². The molecule has 0 aliphatic carbocycles. The highest BCUT2D eigenvalue weighted by Crippen LogP contribution is 2.18. The average molecular weight is 375 g/mol. The first-order valence-corrected chi connectivity index (χ1v) is 9.87. The highest BCUT2D eigenvalue weighted by atomic mass is 32.2. The molecule has 0 radical (unpaired) electrons. The molecular weight excluding hydrogens is 350 g/mol. The van der Waals surface area contributed by atoms with Crippen LogP contribution in [0, 0.1) is 5.92 Å². The first-order valence-electron chi connectivity index (χ1n) is 8.38. The molecule has 1 amide bonds. The van der Waals surface area contributed by atoms with E-state index in [2.05, 4.69) is 10.0 Å². The maximum atomic E-state index is 12.4. The first-order chi connectivity index (χ1) is 12.2. The van der Waals surface area contributed by atoms with Gasteiger partial charge in [0.15, 0.2) is 0 Å². The lowest BCUT2D eigenvalue weighted by atomic mass is 9.88. The molecule has 2 aromatic carbocycles. The van der Waals surface area contributed by atoms with E-state index in [0.29, 0.717) is 17.8 Å². The molecule has 1 unspecified atom stereocenters.